The third-order valence-corrected chi connectivity index (χ3v) is 1.82. The van der Waals surface area contributed by atoms with Crippen LogP contribution in [0.2, 0.25) is 0 Å². The van der Waals surface area contributed by atoms with E-state index >= 15 is 0 Å². The van der Waals surface area contributed by atoms with Crippen LogP contribution in [0.5, 0.6) is 5.75 Å². The van der Waals surface area contributed by atoms with Crippen LogP contribution >= 0.6 is 0 Å². The lowest BCUT2D eigenvalue weighted by Gasteiger charge is -2.04. The first-order valence-electron chi connectivity index (χ1n) is 3.87. The van der Waals surface area contributed by atoms with Crippen molar-refractivity contribution in [2.24, 2.45) is 0 Å². The molecule has 0 spiro atoms. The van der Waals surface area contributed by atoms with Gasteiger partial charge >= 0.3 is 0 Å². The van der Waals surface area contributed by atoms with Crippen LogP contribution in [-0.4, -0.2) is 10.9 Å². The molecule has 0 bridgehead atoms. The van der Waals surface area contributed by atoms with Crippen LogP contribution in [0.15, 0.2) is 12.1 Å². The summed E-state index contributed by atoms with van der Waals surface area (Å²) in [4.78, 5) is 11.1. The van der Waals surface area contributed by atoms with E-state index in [9.17, 15) is 9.90 Å². The fraction of sp³-hybridized carbons (Fsp3) is 0.182. The van der Waals surface area contributed by atoms with Crippen molar-refractivity contribution < 1.29 is 9.90 Å². The fourth-order valence-electron chi connectivity index (χ4n) is 1.21. The van der Waals surface area contributed by atoms with Crippen LogP contribution in [0.25, 0.3) is 0 Å². The molecule has 0 atom stereocenters. The highest BCUT2D eigenvalue weighted by Gasteiger charge is 2.10. The Kier molecular flexibility index (Phi) is 2.39. The lowest BCUT2D eigenvalue weighted by molar-refractivity contribution is 0.105. The lowest BCUT2D eigenvalue weighted by Crippen LogP contribution is -1.97. The summed E-state index contributed by atoms with van der Waals surface area (Å²) in [7, 11) is 0. The molecule has 0 aromatic heterocycles. The third kappa shape index (κ3) is 1.70. The summed E-state index contributed by atoms with van der Waals surface area (Å²) in [6.07, 6.45) is 4.96. The molecule has 0 aliphatic rings. The highest BCUT2D eigenvalue weighted by molar-refractivity contribution is 6.10. The minimum Gasteiger partial charge on any atom is -0.507 e. The van der Waals surface area contributed by atoms with Gasteiger partial charge in [0.25, 0.3) is 0 Å². The topological polar surface area (TPSA) is 37.3 Å². The van der Waals surface area contributed by atoms with E-state index in [0.29, 0.717) is 5.56 Å². The minimum absolute atomic E-state index is 0.0199. The van der Waals surface area contributed by atoms with Crippen molar-refractivity contribution in [3.8, 4) is 18.1 Å². The fourth-order valence-corrected chi connectivity index (χ4v) is 1.21. The molecule has 1 aromatic carbocycles. The Morgan fingerprint density at radius 2 is 2.08 bits per heavy atom. The zero-order valence-corrected chi connectivity index (χ0v) is 7.59. The number of Topliss-reactive ketones (excluding diaryl/α,β-unsaturated/α-hetero) is 1. The number of aryl methyl sites for hydroxylation is 2. The van der Waals surface area contributed by atoms with Gasteiger partial charge in [0, 0.05) is 0 Å². The quantitative estimate of drug-likeness (QED) is 0.400. The van der Waals surface area contributed by atoms with E-state index in [1.807, 2.05) is 12.8 Å². The normalized spacial score (nSPS) is 9.31. The van der Waals surface area contributed by atoms with Gasteiger partial charge in [0.2, 0.25) is 5.78 Å². The molecule has 1 aromatic rings. The molecule has 1 N–H and O–H groups in total. The Hall–Kier alpha value is -1.75. The van der Waals surface area contributed by atoms with Gasteiger partial charge in [-0.05, 0) is 37.0 Å². The Bertz CT molecular complexity index is 397. The summed E-state index contributed by atoms with van der Waals surface area (Å²) in [6, 6.07) is 3.38. The molecule has 0 heterocycles. The molecule has 0 aliphatic heterocycles. The molecular formula is C11H10O2. The summed E-state index contributed by atoms with van der Waals surface area (Å²) in [5.74, 6) is 1.48. The number of aromatic hydroxyl groups is 1. The SMILES string of the molecule is C#CC(=O)c1cc(C)cc(C)c1O. The maximum atomic E-state index is 11.1. The number of phenolic OH excluding ortho intramolecular Hbond substituents is 1. The lowest BCUT2D eigenvalue weighted by atomic mass is 10.0. The van der Waals surface area contributed by atoms with Gasteiger partial charge in [-0.3, -0.25) is 4.79 Å². The molecule has 2 heteroatoms. The van der Waals surface area contributed by atoms with Crippen molar-refractivity contribution in [2.45, 2.75) is 13.8 Å². The van der Waals surface area contributed by atoms with Crippen LogP contribution in [0, 0.1) is 26.2 Å². The molecule has 2 nitrogen and oxygen atoms in total. The van der Waals surface area contributed by atoms with E-state index < -0.39 is 5.78 Å². The number of terminal acetylenes is 1. The highest BCUT2D eigenvalue weighted by atomic mass is 16.3. The predicted molar refractivity (Wildman–Crippen MR) is 50.7 cm³/mol. The van der Waals surface area contributed by atoms with E-state index in [2.05, 4.69) is 0 Å². The van der Waals surface area contributed by atoms with Gasteiger partial charge in [-0.2, -0.15) is 0 Å². The largest absolute Gasteiger partial charge is 0.507 e. The molecule has 0 amide bonds. The summed E-state index contributed by atoms with van der Waals surface area (Å²) < 4.78 is 0. The van der Waals surface area contributed by atoms with Crippen molar-refractivity contribution >= 4 is 5.78 Å². The average molecular weight is 174 g/mol. The van der Waals surface area contributed by atoms with Gasteiger partial charge < -0.3 is 5.11 Å². The van der Waals surface area contributed by atoms with E-state index in [-0.39, 0.29) is 11.3 Å². The number of hydrogen-bond acceptors (Lipinski definition) is 2. The van der Waals surface area contributed by atoms with Gasteiger partial charge in [0.05, 0.1) is 5.56 Å². The summed E-state index contributed by atoms with van der Waals surface area (Å²) in [5.41, 5.74) is 1.78. The molecule has 0 radical (unpaired) electrons. The summed E-state index contributed by atoms with van der Waals surface area (Å²) in [6.45, 7) is 3.58. The number of hydrogen-bond donors (Lipinski definition) is 1. The third-order valence-electron chi connectivity index (χ3n) is 1.82. The number of rotatable bonds is 1. The van der Waals surface area contributed by atoms with Crippen LogP contribution in [0.1, 0.15) is 21.5 Å². The molecule has 0 saturated heterocycles. The Morgan fingerprint density at radius 1 is 1.46 bits per heavy atom. The van der Waals surface area contributed by atoms with Crippen molar-refractivity contribution in [2.75, 3.05) is 0 Å². The van der Waals surface area contributed by atoms with E-state index in [0.717, 1.165) is 5.56 Å². The smallest absolute Gasteiger partial charge is 0.239 e. The number of carbonyl (C=O) groups excluding carboxylic acids is 1. The molecule has 0 fully saturated rings. The second kappa shape index (κ2) is 3.32. The molecule has 1 rings (SSSR count). The highest BCUT2D eigenvalue weighted by Crippen LogP contribution is 2.23. The van der Waals surface area contributed by atoms with E-state index in [1.54, 1.807) is 19.1 Å². The summed E-state index contributed by atoms with van der Waals surface area (Å²) >= 11 is 0. The molecular weight excluding hydrogens is 164 g/mol. The first-order valence-corrected chi connectivity index (χ1v) is 3.87. The molecule has 13 heavy (non-hydrogen) atoms. The van der Waals surface area contributed by atoms with Gasteiger partial charge in [-0.1, -0.05) is 6.07 Å². The van der Waals surface area contributed by atoms with Gasteiger partial charge in [-0.15, -0.1) is 6.42 Å². The van der Waals surface area contributed by atoms with Crippen molar-refractivity contribution in [3.63, 3.8) is 0 Å². The van der Waals surface area contributed by atoms with E-state index in [4.69, 9.17) is 6.42 Å². The Balaban J connectivity index is 3.38. The van der Waals surface area contributed by atoms with Crippen LogP contribution < -0.4 is 0 Å². The monoisotopic (exact) mass is 174 g/mol. The molecule has 66 valence electrons. The molecule has 0 aliphatic carbocycles. The van der Waals surface area contributed by atoms with Crippen molar-refractivity contribution in [1.29, 1.82) is 0 Å². The maximum Gasteiger partial charge on any atom is 0.239 e. The zero-order valence-electron chi connectivity index (χ0n) is 7.59. The number of benzene rings is 1. The predicted octanol–water partition coefficient (Wildman–Crippen LogP) is 1.82. The van der Waals surface area contributed by atoms with Crippen molar-refractivity contribution in [1.82, 2.24) is 0 Å². The zero-order chi connectivity index (χ0) is 10.0. The number of carbonyl (C=O) groups is 1. The average Bonchev–Trinajstić information content (AvgIpc) is 2.10. The minimum atomic E-state index is -0.482. The second-order valence-corrected chi connectivity index (χ2v) is 2.95. The van der Waals surface area contributed by atoms with Gasteiger partial charge in [-0.25, -0.2) is 0 Å². The van der Waals surface area contributed by atoms with E-state index in [1.165, 1.54) is 0 Å². The first kappa shape index (κ1) is 9.34. The van der Waals surface area contributed by atoms with Crippen LogP contribution in [0.3, 0.4) is 0 Å². The van der Waals surface area contributed by atoms with Gasteiger partial charge in [0.15, 0.2) is 0 Å². The molecule has 0 unspecified atom stereocenters. The number of phenols is 1. The van der Waals surface area contributed by atoms with Crippen LogP contribution in [0.4, 0.5) is 0 Å². The second-order valence-electron chi connectivity index (χ2n) is 2.95. The molecule has 0 saturated carbocycles. The first-order chi connectivity index (χ1) is 6.06. The Morgan fingerprint density at radius 3 is 2.62 bits per heavy atom. The van der Waals surface area contributed by atoms with Gasteiger partial charge in [0.1, 0.15) is 5.75 Å². The number of ketones is 1. The Labute approximate surface area is 77.2 Å². The summed E-state index contributed by atoms with van der Waals surface area (Å²) in [5, 5.41) is 9.51. The van der Waals surface area contributed by atoms with Crippen molar-refractivity contribution in [3.05, 3.63) is 28.8 Å². The standard InChI is InChI=1S/C11H10O2/c1-4-10(12)9-6-7(2)5-8(3)11(9)13/h1,5-6,13H,2-3H3. The van der Waals surface area contributed by atoms with Crippen LogP contribution in [-0.2, 0) is 0 Å². The maximum absolute atomic E-state index is 11.1.